The Bertz CT molecular complexity index is 591. The number of fused-ring (bicyclic) bond motifs is 1. The molecule has 98 valence electrons. The number of rotatable bonds is 3. The summed E-state index contributed by atoms with van der Waals surface area (Å²) in [5.41, 5.74) is 8.68. The Balaban J connectivity index is 1.82. The smallest absolute Gasteiger partial charge is 0.227 e. The van der Waals surface area contributed by atoms with E-state index < -0.39 is 0 Å². The van der Waals surface area contributed by atoms with Crippen molar-refractivity contribution in [2.24, 2.45) is 0 Å². The van der Waals surface area contributed by atoms with Gasteiger partial charge in [-0.1, -0.05) is 0 Å². The molecule has 0 bridgehead atoms. The topological polar surface area (TPSA) is 64.2 Å². The third-order valence-electron chi connectivity index (χ3n) is 3.42. The lowest BCUT2D eigenvalue weighted by molar-refractivity contribution is -0.118. The predicted molar refractivity (Wildman–Crippen MR) is 73.8 cm³/mol. The molecule has 0 saturated carbocycles. The van der Waals surface area contributed by atoms with Crippen LogP contribution in [-0.4, -0.2) is 22.2 Å². The summed E-state index contributed by atoms with van der Waals surface area (Å²) in [6.07, 6.45) is 4.97. The zero-order valence-electron chi connectivity index (χ0n) is 10.6. The van der Waals surface area contributed by atoms with E-state index in [4.69, 9.17) is 5.73 Å². The fraction of sp³-hybridized carbons (Fsp3) is 0.286. The molecular weight excluding hydrogens is 240 g/mol. The lowest BCUT2D eigenvalue weighted by atomic mass is 10.0. The molecular formula is C14H16N4O. The highest BCUT2D eigenvalue weighted by atomic mass is 16.2. The Morgan fingerprint density at radius 2 is 2.16 bits per heavy atom. The van der Waals surface area contributed by atoms with Gasteiger partial charge < -0.3 is 10.6 Å². The number of hydrogen-bond acceptors (Lipinski definition) is 3. The van der Waals surface area contributed by atoms with Gasteiger partial charge in [0.05, 0.1) is 6.54 Å². The van der Waals surface area contributed by atoms with Crippen molar-refractivity contribution in [2.75, 3.05) is 17.2 Å². The highest BCUT2D eigenvalue weighted by Gasteiger charge is 2.23. The van der Waals surface area contributed by atoms with Crippen LogP contribution in [0.2, 0.25) is 0 Å². The maximum absolute atomic E-state index is 12.1. The van der Waals surface area contributed by atoms with Crippen LogP contribution in [0, 0.1) is 0 Å². The molecule has 5 heteroatoms. The van der Waals surface area contributed by atoms with Gasteiger partial charge >= 0.3 is 0 Å². The first kappa shape index (κ1) is 11.8. The van der Waals surface area contributed by atoms with Gasteiger partial charge in [-0.2, -0.15) is 5.10 Å². The third kappa shape index (κ3) is 2.31. The van der Waals surface area contributed by atoms with Crippen molar-refractivity contribution in [1.29, 1.82) is 0 Å². The van der Waals surface area contributed by atoms with Crippen LogP contribution in [0.5, 0.6) is 0 Å². The number of hydrogen-bond donors (Lipinski definition) is 1. The van der Waals surface area contributed by atoms with Crippen LogP contribution in [0.3, 0.4) is 0 Å². The van der Waals surface area contributed by atoms with Crippen molar-refractivity contribution in [3.05, 3.63) is 42.2 Å². The summed E-state index contributed by atoms with van der Waals surface area (Å²) in [5, 5.41) is 4.15. The maximum Gasteiger partial charge on any atom is 0.227 e. The van der Waals surface area contributed by atoms with E-state index in [2.05, 4.69) is 5.10 Å². The number of nitrogens with zero attached hydrogens (tertiary/aromatic N) is 3. The van der Waals surface area contributed by atoms with Crippen molar-refractivity contribution in [1.82, 2.24) is 9.78 Å². The van der Waals surface area contributed by atoms with E-state index in [9.17, 15) is 4.79 Å². The van der Waals surface area contributed by atoms with Gasteiger partial charge in [0.25, 0.3) is 0 Å². The largest absolute Gasteiger partial charge is 0.399 e. The molecule has 0 atom stereocenters. The maximum atomic E-state index is 12.1. The highest BCUT2D eigenvalue weighted by molar-refractivity contribution is 5.96. The number of anilines is 2. The van der Waals surface area contributed by atoms with Crippen LogP contribution in [0.25, 0.3) is 0 Å². The van der Waals surface area contributed by atoms with Gasteiger partial charge in [0.2, 0.25) is 5.91 Å². The number of carbonyl (C=O) groups excluding carboxylic acids is 1. The molecule has 2 heterocycles. The van der Waals surface area contributed by atoms with Crippen molar-refractivity contribution >= 4 is 17.3 Å². The Morgan fingerprint density at radius 3 is 2.95 bits per heavy atom. The fourth-order valence-corrected chi connectivity index (χ4v) is 2.46. The van der Waals surface area contributed by atoms with Crippen LogP contribution in [-0.2, 0) is 17.8 Å². The molecule has 0 unspecified atom stereocenters. The first-order chi connectivity index (χ1) is 9.24. The first-order valence-electron chi connectivity index (χ1n) is 6.40. The van der Waals surface area contributed by atoms with Gasteiger partial charge in [0.15, 0.2) is 0 Å². The van der Waals surface area contributed by atoms with E-state index in [1.165, 1.54) is 0 Å². The minimum atomic E-state index is 0.171. The molecule has 3 rings (SSSR count). The molecule has 2 N–H and O–H groups in total. The second kappa shape index (κ2) is 4.76. The number of nitrogens with two attached hydrogens (primary N) is 1. The zero-order valence-corrected chi connectivity index (χ0v) is 10.6. The summed E-state index contributed by atoms with van der Waals surface area (Å²) in [6, 6.07) is 7.62. The molecule has 19 heavy (non-hydrogen) atoms. The van der Waals surface area contributed by atoms with Crippen LogP contribution in [0.15, 0.2) is 36.7 Å². The third-order valence-corrected chi connectivity index (χ3v) is 3.42. The number of aromatic nitrogens is 2. The average molecular weight is 256 g/mol. The minimum absolute atomic E-state index is 0.171. The summed E-state index contributed by atoms with van der Waals surface area (Å²) in [5.74, 6) is 0.171. The van der Waals surface area contributed by atoms with E-state index in [1.54, 1.807) is 6.20 Å². The SMILES string of the molecule is Nc1ccc2c(c1)CCC(=O)N2CCn1cccn1. The number of amides is 1. The molecule has 0 fully saturated rings. The van der Waals surface area contributed by atoms with Crippen LogP contribution in [0.1, 0.15) is 12.0 Å². The van der Waals surface area contributed by atoms with Crippen molar-refractivity contribution in [3.63, 3.8) is 0 Å². The molecule has 0 saturated heterocycles. The van der Waals surface area contributed by atoms with Gasteiger partial charge in [-0.3, -0.25) is 9.48 Å². The molecule has 2 aromatic rings. The molecule has 1 aromatic heterocycles. The van der Waals surface area contributed by atoms with Gasteiger partial charge in [-0.25, -0.2) is 0 Å². The lowest BCUT2D eigenvalue weighted by Gasteiger charge is -2.29. The lowest BCUT2D eigenvalue weighted by Crippen LogP contribution is -2.37. The molecule has 1 aromatic carbocycles. The standard InChI is InChI=1S/C14H16N4O/c15-12-3-4-13-11(10-12)2-5-14(19)18(13)9-8-17-7-1-6-16-17/h1,3-4,6-7,10H,2,5,8-9,15H2. The molecule has 0 aliphatic carbocycles. The monoisotopic (exact) mass is 256 g/mol. The molecule has 1 aliphatic heterocycles. The second-order valence-corrected chi connectivity index (χ2v) is 4.70. The zero-order chi connectivity index (χ0) is 13.2. The van der Waals surface area contributed by atoms with E-state index in [-0.39, 0.29) is 5.91 Å². The van der Waals surface area contributed by atoms with Crippen LogP contribution >= 0.6 is 0 Å². The van der Waals surface area contributed by atoms with Crippen molar-refractivity contribution < 1.29 is 4.79 Å². The van der Waals surface area contributed by atoms with E-state index >= 15 is 0 Å². The summed E-state index contributed by atoms with van der Waals surface area (Å²) < 4.78 is 1.83. The van der Waals surface area contributed by atoms with Crippen molar-refractivity contribution in [3.8, 4) is 0 Å². The molecule has 0 radical (unpaired) electrons. The number of benzene rings is 1. The normalized spacial score (nSPS) is 14.5. The Labute approximate surface area is 111 Å². The van der Waals surface area contributed by atoms with Gasteiger partial charge in [-0.05, 0) is 36.2 Å². The molecule has 1 aliphatic rings. The Hall–Kier alpha value is -2.30. The summed E-state index contributed by atoms with van der Waals surface area (Å²) in [7, 11) is 0. The fourth-order valence-electron chi connectivity index (χ4n) is 2.46. The van der Waals surface area contributed by atoms with Crippen LogP contribution < -0.4 is 10.6 Å². The first-order valence-corrected chi connectivity index (χ1v) is 6.40. The number of carbonyl (C=O) groups is 1. The van der Waals surface area contributed by atoms with E-state index in [1.807, 2.05) is 40.0 Å². The number of nitrogen functional groups attached to an aromatic ring is 1. The quantitative estimate of drug-likeness (QED) is 0.845. The van der Waals surface area contributed by atoms with Crippen molar-refractivity contribution in [2.45, 2.75) is 19.4 Å². The molecule has 5 nitrogen and oxygen atoms in total. The van der Waals surface area contributed by atoms with Crippen LogP contribution in [0.4, 0.5) is 11.4 Å². The summed E-state index contributed by atoms with van der Waals surface area (Å²) in [6.45, 7) is 1.33. The van der Waals surface area contributed by atoms with Gasteiger partial charge in [0, 0.05) is 36.7 Å². The van der Waals surface area contributed by atoms with Gasteiger partial charge in [-0.15, -0.1) is 0 Å². The van der Waals surface area contributed by atoms with E-state index in [0.717, 1.165) is 23.4 Å². The molecule has 1 amide bonds. The summed E-state index contributed by atoms with van der Waals surface area (Å²) >= 11 is 0. The molecule has 0 spiro atoms. The Kier molecular flexibility index (Phi) is 2.95. The van der Waals surface area contributed by atoms with E-state index in [0.29, 0.717) is 19.5 Å². The minimum Gasteiger partial charge on any atom is -0.399 e. The summed E-state index contributed by atoms with van der Waals surface area (Å²) in [4.78, 5) is 13.9. The highest BCUT2D eigenvalue weighted by Crippen LogP contribution is 2.29. The second-order valence-electron chi connectivity index (χ2n) is 4.70. The Morgan fingerprint density at radius 1 is 1.26 bits per heavy atom. The average Bonchev–Trinajstić information content (AvgIpc) is 2.91. The van der Waals surface area contributed by atoms with Gasteiger partial charge in [0.1, 0.15) is 0 Å². The predicted octanol–water partition coefficient (Wildman–Crippen LogP) is 1.44. The number of aryl methyl sites for hydroxylation is 1.